The van der Waals surface area contributed by atoms with E-state index < -0.39 is 12.1 Å². The molecule has 3 N–H and O–H groups in total. The minimum atomic E-state index is -0.662. The third kappa shape index (κ3) is 67.6. The highest BCUT2D eigenvalue weighted by Crippen LogP contribution is 2.20. The van der Waals surface area contributed by atoms with Crippen molar-refractivity contribution >= 4 is 11.9 Å². The molecule has 6 heteroatoms. The van der Waals surface area contributed by atoms with E-state index in [0.717, 1.165) is 44.9 Å². The van der Waals surface area contributed by atoms with Gasteiger partial charge in [-0.15, -0.1) is 0 Å². The molecule has 482 valence electrons. The van der Waals surface area contributed by atoms with E-state index in [9.17, 15) is 19.8 Å². The minimum Gasteiger partial charge on any atom is -0.466 e. The third-order valence-corrected chi connectivity index (χ3v) is 17.8. The Labute approximate surface area is 508 Å². The van der Waals surface area contributed by atoms with E-state index in [2.05, 4.69) is 31.3 Å². The number of carbonyl (C=O) groups excluding carboxylic acids is 2. The zero-order valence-corrected chi connectivity index (χ0v) is 55.3. The van der Waals surface area contributed by atoms with Gasteiger partial charge in [0.2, 0.25) is 5.91 Å². The van der Waals surface area contributed by atoms with E-state index in [1.165, 1.54) is 353 Å². The van der Waals surface area contributed by atoms with E-state index in [1.54, 1.807) is 0 Å². The maximum absolute atomic E-state index is 12.6. The first-order chi connectivity index (χ1) is 40.0. The normalized spacial score (nSPS) is 12.5. The molecule has 0 aliphatic carbocycles. The van der Waals surface area contributed by atoms with Crippen LogP contribution in [0.15, 0.2) is 12.2 Å². The van der Waals surface area contributed by atoms with Crippen LogP contribution in [0.1, 0.15) is 431 Å². The van der Waals surface area contributed by atoms with E-state index in [1.807, 2.05) is 0 Å². The third-order valence-electron chi connectivity index (χ3n) is 17.8. The van der Waals surface area contributed by atoms with Crippen LogP contribution in [0.5, 0.6) is 0 Å². The van der Waals surface area contributed by atoms with Gasteiger partial charge in [0.15, 0.2) is 0 Å². The molecule has 1 amide bonds. The molecule has 0 bridgehead atoms. The highest BCUT2D eigenvalue weighted by atomic mass is 16.5. The zero-order valence-electron chi connectivity index (χ0n) is 55.3. The van der Waals surface area contributed by atoms with Gasteiger partial charge in [0.05, 0.1) is 25.4 Å². The fourth-order valence-electron chi connectivity index (χ4n) is 12.1. The molecule has 0 aliphatic rings. The SMILES string of the molecule is CCCCCCC/C=C\CCCCCCCC(=O)OCCCCCCCCCCCCCCCCCCCCCCCCCCCCCCCC(=O)NC(CO)C(O)CCCCCCCCCCCCCCCCCCCCCCC. The molecular weight excluding hydrogens is 995 g/mol. The van der Waals surface area contributed by atoms with Crippen molar-refractivity contribution in [2.24, 2.45) is 0 Å². The number of nitrogens with one attached hydrogen (secondary N) is 1. The summed E-state index contributed by atoms with van der Waals surface area (Å²) in [5.41, 5.74) is 0. The molecule has 2 atom stereocenters. The summed E-state index contributed by atoms with van der Waals surface area (Å²) in [6.45, 7) is 4.99. The number of esters is 1. The molecule has 6 nitrogen and oxygen atoms in total. The zero-order chi connectivity index (χ0) is 58.5. The van der Waals surface area contributed by atoms with Gasteiger partial charge in [0.25, 0.3) is 0 Å². The summed E-state index contributed by atoms with van der Waals surface area (Å²) in [7, 11) is 0. The van der Waals surface area contributed by atoms with Crippen molar-refractivity contribution < 1.29 is 24.5 Å². The molecule has 0 saturated heterocycles. The molecule has 0 fully saturated rings. The topological polar surface area (TPSA) is 95.9 Å². The maximum Gasteiger partial charge on any atom is 0.305 e. The largest absolute Gasteiger partial charge is 0.466 e. The molecule has 0 saturated carbocycles. The quantitative estimate of drug-likeness (QED) is 0.0320. The Hall–Kier alpha value is -1.40. The Morgan fingerprint density at radius 1 is 0.333 bits per heavy atom. The van der Waals surface area contributed by atoms with Crippen LogP contribution < -0.4 is 5.32 Å². The van der Waals surface area contributed by atoms with Gasteiger partial charge < -0.3 is 20.3 Å². The number of aliphatic hydroxyl groups is 2. The molecule has 0 aromatic rings. The van der Waals surface area contributed by atoms with Gasteiger partial charge in [0.1, 0.15) is 0 Å². The number of unbranched alkanes of at least 4 members (excludes halogenated alkanes) is 58. The van der Waals surface area contributed by atoms with Crippen LogP contribution in [0.25, 0.3) is 0 Å². The van der Waals surface area contributed by atoms with E-state index in [0.29, 0.717) is 25.9 Å². The summed E-state index contributed by atoms with van der Waals surface area (Å²) in [6, 6.07) is -0.539. The molecular formula is C75H147NO5. The fourth-order valence-corrected chi connectivity index (χ4v) is 12.1. The number of hydrogen-bond acceptors (Lipinski definition) is 5. The lowest BCUT2D eigenvalue weighted by Gasteiger charge is -2.22. The van der Waals surface area contributed by atoms with Crippen LogP contribution in [0.2, 0.25) is 0 Å². The summed E-state index contributed by atoms with van der Waals surface area (Å²) in [4.78, 5) is 24.6. The van der Waals surface area contributed by atoms with Crippen molar-refractivity contribution in [2.45, 2.75) is 443 Å². The number of allylic oxidation sites excluding steroid dienone is 2. The van der Waals surface area contributed by atoms with Crippen LogP contribution in [0, 0.1) is 0 Å². The number of rotatable bonds is 71. The standard InChI is InChI=1S/C75H147NO5/c1-3-5-7-9-11-13-15-17-19-20-21-31-34-37-40-43-47-51-55-59-63-67-73(78)72(71-77)76-74(79)68-64-60-56-52-48-44-41-38-35-32-29-27-25-23-22-24-26-28-30-33-36-39-42-46-50-54-58-62-66-70-81-75(80)69-65-61-57-53-49-45-18-16-14-12-10-8-6-4-2/h16,18,72-73,77-78H,3-15,17,19-71H2,1-2H3,(H,76,79)/b18-16-. The summed E-state index contributed by atoms with van der Waals surface area (Å²) >= 11 is 0. The Kier molecular flexibility index (Phi) is 69.9. The molecule has 0 heterocycles. The monoisotopic (exact) mass is 1140 g/mol. The predicted octanol–water partition coefficient (Wildman–Crippen LogP) is 24.3. The van der Waals surface area contributed by atoms with Crippen LogP contribution in [-0.2, 0) is 14.3 Å². The lowest BCUT2D eigenvalue weighted by atomic mass is 10.0. The minimum absolute atomic E-state index is 0.0120. The average Bonchev–Trinajstić information content (AvgIpc) is 3.47. The molecule has 0 aromatic carbocycles. The van der Waals surface area contributed by atoms with Crippen molar-refractivity contribution in [1.29, 1.82) is 0 Å². The van der Waals surface area contributed by atoms with Gasteiger partial charge in [-0.25, -0.2) is 0 Å². The average molecular weight is 1140 g/mol. The number of hydrogen-bond donors (Lipinski definition) is 3. The Morgan fingerprint density at radius 2 is 0.580 bits per heavy atom. The lowest BCUT2D eigenvalue weighted by Crippen LogP contribution is -2.45. The summed E-state index contributed by atoms with van der Waals surface area (Å²) in [6.07, 6.45) is 88.5. The van der Waals surface area contributed by atoms with Crippen molar-refractivity contribution in [3.05, 3.63) is 12.2 Å². The van der Waals surface area contributed by atoms with Gasteiger partial charge in [-0.2, -0.15) is 0 Å². The maximum atomic E-state index is 12.6. The second-order valence-electron chi connectivity index (χ2n) is 26.0. The second kappa shape index (κ2) is 71.1. The van der Waals surface area contributed by atoms with Gasteiger partial charge >= 0.3 is 5.97 Å². The van der Waals surface area contributed by atoms with Gasteiger partial charge in [-0.3, -0.25) is 9.59 Å². The molecule has 0 radical (unpaired) electrons. The molecule has 2 unspecified atom stereocenters. The van der Waals surface area contributed by atoms with Crippen molar-refractivity contribution in [3.8, 4) is 0 Å². The van der Waals surface area contributed by atoms with Gasteiger partial charge in [-0.05, 0) is 51.4 Å². The lowest BCUT2D eigenvalue weighted by molar-refractivity contribution is -0.143. The highest BCUT2D eigenvalue weighted by molar-refractivity contribution is 5.76. The smallest absolute Gasteiger partial charge is 0.305 e. The van der Waals surface area contributed by atoms with Crippen LogP contribution in [-0.4, -0.2) is 47.4 Å². The van der Waals surface area contributed by atoms with Crippen LogP contribution in [0.4, 0.5) is 0 Å². The molecule has 0 aliphatic heterocycles. The van der Waals surface area contributed by atoms with Crippen molar-refractivity contribution in [3.63, 3.8) is 0 Å². The van der Waals surface area contributed by atoms with E-state index in [-0.39, 0.29) is 18.5 Å². The first kappa shape index (κ1) is 79.6. The van der Waals surface area contributed by atoms with Gasteiger partial charge in [0, 0.05) is 12.8 Å². The number of carbonyl (C=O) groups is 2. The molecule has 81 heavy (non-hydrogen) atoms. The highest BCUT2D eigenvalue weighted by Gasteiger charge is 2.20. The van der Waals surface area contributed by atoms with Crippen molar-refractivity contribution in [2.75, 3.05) is 13.2 Å². The Balaban J connectivity index is 3.34. The van der Waals surface area contributed by atoms with E-state index >= 15 is 0 Å². The number of amides is 1. The van der Waals surface area contributed by atoms with E-state index in [4.69, 9.17) is 4.74 Å². The molecule has 0 rings (SSSR count). The fraction of sp³-hybridized carbons (Fsp3) is 0.947. The summed E-state index contributed by atoms with van der Waals surface area (Å²) in [5, 5.41) is 23.4. The van der Waals surface area contributed by atoms with Crippen LogP contribution in [0.3, 0.4) is 0 Å². The first-order valence-electron chi connectivity index (χ1n) is 37.4. The first-order valence-corrected chi connectivity index (χ1v) is 37.4. The molecule has 0 spiro atoms. The number of ether oxygens (including phenoxy) is 1. The van der Waals surface area contributed by atoms with Gasteiger partial charge in [-0.1, -0.05) is 379 Å². The summed E-state index contributed by atoms with van der Waals surface area (Å²) < 4.78 is 5.49. The summed E-state index contributed by atoms with van der Waals surface area (Å²) in [5.74, 6) is -0.0141. The Bertz CT molecular complexity index is 1220. The Morgan fingerprint density at radius 3 is 0.877 bits per heavy atom. The van der Waals surface area contributed by atoms with Crippen LogP contribution >= 0.6 is 0 Å². The second-order valence-corrected chi connectivity index (χ2v) is 26.0. The molecule has 0 aromatic heterocycles. The predicted molar refractivity (Wildman–Crippen MR) is 357 cm³/mol. The number of aliphatic hydroxyl groups excluding tert-OH is 2. The van der Waals surface area contributed by atoms with Crippen molar-refractivity contribution in [1.82, 2.24) is 5.32 Å².